The van der Waals surface area contributed by atoms with Gasteiger partial charge in [-0.1, -0.05) is 19.1 Å². The van der Waals surface area contributed by atoms with E-state index in [0.29, 0.717) is 6.04 Å². The lowest BCUT2D eigenvalue weighted by molar-refractivity contribution is 0.317. The Morgan fingerprint density at radius 2 is 1.70 bits per heavy atom. The molecule has 2 saturated carbocycles. The molecule has 1 aromatic carbocycles. The van der Waals surface area contributed by atoms with Crippen LogP contribution in [0.5, 0.6) is 5.75 Å². The van der Waals surface area contributed by atoms with E-state index in [1.165, 1.54) is 31.2 Å². The van der Waals surface area contributed by atoms with E-state index in [0.717, 1.165) is 36.7 Å². The number of hydrogen-bond donors (Lipinski definition) is 1. The van der Waals surface area contributed by atoms with Crippen molar-refractivity contribution in [1.82, 2.24) is 5.32 Å². The summed E-state index contributed by atoms with van der Waals surface area (Å²) in [6.07, 6.45) is 6.80. The third kappa shape index (κ3) is 3.54. The molecule has 110 valence electrons. The summed E-state index contributed by atoms with van der Waals surface area (Å²) in [6, 6.07) is 9.83. The second kappa shape index (κ2) is 6.17. The fourth-order valence-electron chi connectivity index (χ4n) is 3.03. The van der Waals surface area contributed by atoms with Gasteiger partial charge in [-0.2, -0.15) is 0 Å². The Kier molecular flexibility index (Phi) is 4.30. The standard InChI is InChI=1S/C18H27NO/c1-3-12-20-17-10-8-14(9-11-17)13(2)19-18(15-4-5-15)16-6-7-16/h8-11,13,15-16,18-19H,3-7,12H2,1-2H3. The summed E-state index contributed by atoms with van der Waals surface area (Å²) in [5, 5.41) is 3.88. The van der Waals surface area contributed by atoms with Gasteiger partial charge in [-0.3, -0.25) is 0 Å². The van der Waals surface area contributed by atoms with Crippen molar-refractivity contribution >= 4 is 0 Å². The highest BCUT2D eigenvalue weighted by atomic mass is 16.5. The molecule has 3 rings (SSSR count). The molecule has 2 heteroatoms. The van der Waals surface area contributed by atoms with E-state index in [9.17, 15) is 0 Å². The highest BCUT2D eigenvalue weighted by molar-refractivity contribution is 5.29. The topological polar surface area (TPSA) is 21.3 Å². The van der Waals surface area contributed by atoms with Gasteiger partial charge in [-0.05, 0) is 68.6 Å². The molecule has 1 unspecified atom stereocenters. The lowest BCUT2D eigenvalue weighted by Crippen LogP contribution is -2.35. The van der Waals surface area contributed by atoms with Crippen LogP contribution in [0.2, 0.25) is 0 Å². The Hall–Kier alpha value is -1.02. The number of benzene rings is 1. The molecule has 0 bridgehead atoms. The first kappa shape index (κ1) is 13.9. The largest absolute Gasteiger partial charge is 0.494 e. The molecule has 0 aliphatic heterocycles. The molecule has 0 saturated heterocycles. The van der Waals surface area contributed by atoms with Gasteiger partial charge in [0.15, 0.2) is 0 Å². The lowest BCUT2D eigenvalue weighted by Gasteiger charge is -2.23. The second-order valence-corrected chi connectivity index (χ2v) is 6.51. The normalized spacial score (nSPS) is 20.1. The van der Waals surface area contributed by atoms with Gasteiger partial charge < -0.3 is 10.1 Å². The van der Waals surface area contributed by atoms with Crippen LogP contribution in [-0.2, 0) is 0 Å². The molecule has 2 fully saturated rings. The van der Waals surface area contributed by atoms with Crippen LogP contribution in [0.4, 0.5) is 0 Å². The second-order valence-electron chi connectivity index (χ2n) is 6.51. The summed E-state index contributed by atoms with van der Waals surface area (Å²) in [6.45, 7) is 5.23. The van der Waals surface area contributed by atoms with Gasteiger partial charge in [0.2, 0.25) is 0 Å². The molecule has 0 spiro atoms. The molecule has 1 atom stereocenters. The summed E-state index contributed by atoms with van der Waals surface area (Å²) < 4.78 is 5.65. The first-order valence-electron chi connectivity index (χ1n) is 8.26. The molecule has 1 aromatic rings. The third-order valence-electron chi connectivity index (χ3n) is 4.56. The van der Waals surface area contributed by atoms with Gasteiger partial charge in [0.1, 0.15) is 5.75 Å². The smallest absolute Gasteiger partial charge is 0.119 e. The molecule has 2 aliphatic carbocycles. The summed E-state index contributed by atoms with van der Waals surface area (Å²) in [5.74, 6) is 2.90. The molecule has 0 heterocycles. The van der Waals surface area contributed by atoms with Crippen molar-refractivity contribution in [3.05, 3.63) is 29.8 Å². The monoisotopic (exact) mass is 273 g/mol. The van der Waals surface area contributed by atoms with Crippen molar-refractivity contribution in [3.8, 4) is 5.75 Å². The van der Waals surface area contributed by atoms with Gasteiger partial charge in [-0.25, -0.2) is 0 Å². The Bertz CT molecular complexity index is 408. The van der Waals surface area contributed by atoms with E-state index in [-0.39, 0.29) is 0 Å². The summed E-state index contributed by atoms with van der Waals surface area (Å²) in [4.78, 5) is 0. The van der Waals surface area contributed by atoms with Crippen molar-refractivity contribution in [1.29, 1.82) is 0 Å². The minimum Gasteiger partial charge on any atom is -0.494 e. The van der Waals surface area contributed by atoms with Crippen LogP contribution < -0.4 is 10.1 Å². The van der Waals surface area contributed by atoms with Gasteiger partial charge in [-0.15, -0.1) is 0 Å². The van der Waals surface area contributed by atoms with Crippen LogP contribution in [0.3, 0.4) is 0 Å². The molecule has 0 radical (unpaired) electrons. The van der Waals surface area contributed by atoms with Crippen molar-refractivity contribution < 1.29 is 4.74 Å². The van der Waals surface area contributed by atoms with Crippen molar-refractivity contribution in [2.45, 2.75) is 58.0 Å². The SMILES string of the molecule is CCCOc1ccc(C(C)NC(C2CC2)C2CC2)cc1. The number of hydrogen-bond acceptors (Lipinski definition) is 2. The minimum atomic E-state index is 0.446. The zero-order valence-corrected chi connectivity index (χ0v) is 12.8. The van der Waals surface area contributed by atoms with E-state index >= 15 is 0 Å². The predicted molar refractivity (Wildman–Crippen MR) is 83.0 cm³/mol. The van der Waals surface area contributed by atoms with Crippen LogP contribution in [-0.4, -0.2) is 12.6 Å². The van der Waals surface area contributed by atoms with E-state index in [4.69, 9.17) is 4.74 Å². The van der Waals surface area contributed by atoms with Crippen LogP contribution in [0.25, 0.3) is 0 Å². The first-order valence-corrected chi connectivity index (χ1v) is 8.26. The van der Waals surface area contributed by atoms with E-state index in [1.807, 2.05) is 0 Å². The maximum atomic E-state index is 5.65. The van der Waals surface area contributed by atoms with Crippen molar-refractivity contribution in [2.24, 2.45) is 11.8 Å². The Morgan fingerprint density at radius 3 is 2.20 bits per heavy atom. The van der Waals surface area contributed by atoms with E-state index in [1.54, 1.807) is 0 Å². The molecular formula is C18H27NO. The van der Waals surface area contributed by atoms with Crippen LogP contribution in [0, 0.1) is 11.8 Å². The summed E-state index contributed by atoms with van der Waals surface area (Å²) in [7, 11) is 0. The van der Waals surface area contributed by atoms with Gasteiger partial charge in [0, 0.05) is 12.1 Å². The number of rotatable bonds is 8. The third-order valence-corrected chi connectivity index (χ3v) is 4.56. The van der Waals surface area contributed by atoms with Gasteiger partial charge >= 0.3 is 0 Å². The first-order chi connectivity index (χ1) is 9.78. The predicted octanol–water partition coefficient (Wildman–Crippen LogP) is 4.31. The van der Waals surface area contributed by atoms with E-state index in [2.05, 4.69) is 43.4 Å². The number of nitrogens with one attached hydrogen (secondary N) is 1. The fraction of sp³-hybridized carbons (Fsp3) is 0.667. The summed E-state index contributed by atoms with van der Waals surface area (Å²) >= 11 is 0. The average Bonchev–Trinajstić information content (AvgIpc) is 3.36. The quantitative estimate of drug-likeness (QED) is 0.762. The van der Waals surface area contributed by atoms with Gasteiger partial charge in [0.25, 0.3) is 0 Å². The van der Waals surface area contributed by atoms with Crippen LogP contribution in [0.1, 0.15) is 57.6 Å². The molecular weight excluding hydrogens is 246 g/mol. The maximum absolute atomic E-state index is 5.65. The Morgan fingerprint density at radius 1 is 1.10 bits per heavy atom. The minimum absolute atomic E-state index is 0.446. The maximum Gasteiger partial charge on any atom is 0.119 e. The van der Waals surface area contributed by atoms with Crippen LogP contribution >= 0.6 is 0 Å². The van der Waals surface area contributed by atoms with Crippen molar-refractivity contribution in [2.75, 3.05) is 6.61 Å². The Balaban J connectivity index is 1.56. The highest BCUT2D eigenvalue weighted by Crippen LogP contribution is 2.45. The van der Waals surface area contributed by atoms with E-state index < -0.39 is 0 Å². The molecule has 0 aromatic heterocycles. The number of ether oxygens (including phenoxy) is 1. The lowest BCUT2D eigenvalue weighted by atomic mass is 10.0. The molecule has 2 aliphatic rings. The molecule has 1 N–H and O–H groups in total. The molecule has 20 heavy (non-hydrogen) atoms. The summed E-state index contributed by atoms with van der Waals surface area (Å²) in [5.41, 5.74) is 1.38. The molecule has 2 nitrogen and oxygen atoms in total. The Labute approximate surface area is 122 Å². The highest BCUT2D eigenvalue weighted by Gasteiger charge is 2.41. The van der Waals surface area contributed by atoms with Gasteiger partial charge in [0.05, 0.1) is 6.61 Å². The average molecular weight is 273 g/mol. The van der Waals surface area contributed by atoms with Crippen molar-refractivity contribution in [3.63, 3.8) is 0 Å². The van der Waals surface area contributed by atoms with Crippen LogP contribution in [0.15, 0.2) is 24.3 Å². The fourth-order valence-corrected chi connectivity index (χ4v) is 3.03. The zero-order chi connectivity index (χ0) is 13.9. The molecule has 0 amide bonds. The zero-order valence-electron chi connectivity index (χ0n) is 12.8.